The number of rotatable bonds is 6. The molecular weight excluding hydrogens is 262 g/mol. The van der Waals surface area contributed by atoms with Gasteiger partial charge in [-0.2, -0.15) is 0 Å². The Kier molecular flexibility index (Phi) is 5.20. The fraction of sp³-hybridized carbons (Fsp3) is 0.538. The molecule has 0 radical (unpaired) electrons. The second kappa shape index (κ2) is 6.25. The van der Waals surface area contributed by atoms with Gasteiger partial charge in [-0.05, 0) is 30.5 Å². The van der Waals surface area contributed by atoms with E-state index < -0.39 is 10.0 Å². The third-order valence-electron chi connectivity index (χ3n) is 3.42. The summed E-state index contributed by atoms with van der Waals surface area (Å²) in [5, 5.41) is 8.46. The zero-order chi connectivity index (χ0) is 14.6. The van der Waals surface area contributed by atoms with E-state index in [1.807, 2.05) is 0 Å². The molecule has 0 bridgehead atoms. The van der Waals surface area contributed by atoms with E-state index in [1.54, 1.807) is 13.0 Å². The number of hydrogen-bond donors (Lipinski definition) is 3. The summed E-state index contributed by atoms with van der Waals surface area (Å²) in [7, 11) is -3.75. The SMILES string of the molecule is CCC(CC)CNc1cc(N)cc(S(N)(=O)=O)c1C. The Morgan fingerprint density at radius 2 is 1.84 bits per heavy atom. The van der Waals surface area contributed by atoms with Crippen molar-refractivity contribution in [2.24, 2.45) is 11.1 Å². The van der Waals surface area contributed by atoms with Gasteiger partial charge in [-0.25, -0.2) is 13.6 Å². The molecule has 1 aromatic carbocycles. The largest absolute Gasteiger partial charge is 0.399 e. The summed E-state index contributed by atoms with van der Waals surface area (Å²) in [5.74, 6) is 0.554. The van der Waals surface area contributed by atoms with Gasteiger partial charge in [-0.15, -0.1) is 0 Å². The third-order valence-corrected chi connectivity index (χ3v) is 4.46. The van der Waals surface area contributed by atoms with E-state index in [0.29, 0.717) is 17.2 Å². The van der Waals surface area contributed by atoms with Gasteiger partial charge in [0, 0.05) is 17.9 Å². The van der Waals surface area contributed by atoms with Crippen LogP contribution in [0.3, 0.4) is 0 Å². The van der Waals surface area contributed by atoms with Gasteiger partial charge in [0.1, 0.15) is 0 Å². The molecule has 1 rings (SSSR count). The Hall–Kier alpha value is -1.27. The molecule has 0 saturated carbocycles. The van der Waals surface area contributed by atoms with Gasteiger partial charge < -0.3 is 11.1 Å². The maximum atomic E-state index is 11.5. The zero-order valence-corrected chi connectivity index (χ0v) is 12.5. The van der Waals surface area contributed by atoms with Crippen LogP contribution in [0.1, 0.15) is 32.3 Å². The lowest BCUT2D eigenvalue weighted by Gasteiger charge is -2.17. The van der Waals surface area contributed by atoms with Crippen molar-refractivity contribution in [2.75, 3.05) is 17.6 Å². The number of nitrogen functional groups attached to an aromatic ring is 1. The first-order valence-corrected chi connectivity index (χ1v) is 8.01. The Morgan fingerprint density at radius 3 is 2.32 bits per heavy atom. The van der Waals surface area contributed by atoms with Crippen LogP contribution >= 0.6 is 0 Å². The van der Waals surface area contributed by atoms with Crippen molar-refractivity contribution in [3.8, 4) is 0 Å². The number of hydrogen-bond acceptors (Lipinski definition) is 4. The minimum atomic E-state index is -3.75. The first-order valence-electron chi connectivity index (χ1n) is 6.46. The maximum absolute atomic E-state index is 11.5. The lowest BCUT2D eigenvalue weighted by molar-refractivity contribution is 0.519. The Morgan fingerprint density at radius 1 is 1.26 bits per heavy atom. The van der Waals surface area contributed by atoms with E-state index in [4.69, 9.17) is 10.9 Å². The van der Waals surface area contributed by atoms with Crippen molar-refractivity contribution in [3.05, 3.63) is 17.7 Å². The van der Waals surface area contributed by atoms with Gasteiger partial charge in [0.05, 0.1) is 4.90 Å². The zero-order valence-electron chi connectivity index (χ0n) is 11.7. The number of anilines is 2. The molecule has 0 aliphatic rings. The average Bonchev–Trinajstić information content (AvgIpc) is 2.32. The molecule has 0 fully saturated rings. The summed E-state index contributed by atoms with van der Waals surface area (Å²) in [4.78, 5) is 0.0829. The summed E-state index contributed by atoms with van der Waals surface area (Å²) in [6, 6.07) is 3.14. The normalized spacial score (nSPS) is 11.8. The molecule has 0 aromatic heterocycles. The average molecular weight is 285 g/mol. The van der Waals surface area contributed by atoms with Crippen LogP contribution in [0.25, 0.3) is 0 Å². The molecule has 5 nitrogen and oxygen atoms in total. The van der Waals surface area contributed by atoms with Gasteiger partial charge in [-0.1, -0.05) is 26.7 Å². The molecule has 0 aliphatic carbocycles. The minimum Gasteiger partial charge on any atom is -0.399 e. The van der Waals surface area contributed by atoms with Crippen molar-refractivity contribution >= 4 is 21.4 Å². The van der Waals surface area contributed by atoms with E-state index in [9.17, 15) is 8.42 Å². The highest BCUT2D eigenvalue weighted by molar-refractivity contribution is 7.89. The van der Waals surface area contributed by atoms with E-state index in [2.05, 4.69) is 19.2 Å². The Bertz CT molecular complexity index is 537. The van der Waals surface area contributed by atoms with Crippen molar-refractivity contribution in [3.63, 3.8) is 0 Å². The van der Waals surface area contributed by atoms with Crippen LogP contribution in [0.4, 0.5) is 11.4 Å². The van der Waals surface area contributed by atoms with Crippen LogP contribution < -0.4 is 16.2 Å². The predicted molar refractivity (Wildman–Crippen MR) is 79.5 cm³/mol. The molecule has 0 amide bonds. The minimum absolute atomic E-state index is 0.0829. The summed E-state index contributed by atoms with van der Waals surface area (Å²) >= 11 is 0. The summed E-state index contributed by atoms with van der Waals surface area (Å²) in [6.45, 7) is 6.80. The van der Waals surface area contributed by atoms with Crippen LogP contribution in [0.15, 0.2) is 17.0 Å². The lowest BCUT2D eigenvalue weighted by atomic mass is 10.0. The molecule has 108 valence electrons. The van der Waals surface area contributed by atoms with Crippen molar-refractivity contribution in [2.45, 2.75) is 38.5 Å². The molecule has 1 aromatic rings. The summed E-state index contributed by atoms with van der Waals surface area (Å²) < 4.78 is 23.0. The molecule has 0 heterocycles. The second-order valence-electron chi connectivity index (χ2n) is 4.80. The van der Waals surface area contributed by atoms with Gasteiger partial charge in [0.25, 0.3) is 0 Å². The van der Waals surface area contributed by atoms with Gasteiger partial charge in [-0.3, -0.25) is 0 Å². The molecule has 6 heteroatoms. The topological polar surface area (TPSA) is 98.2 Å². The molecule has 0 atom stereocenters. The number of primary sulfonamides is 1. The number of nitrogens with one attached hydrogen (secondary N) is 1. The highest BCUT2D eigenvalue weighted by Gasteiger charge is 2.16. The first kappa shape index (κ1) is 15.8. The molecule has 0 aliphatic heterocycles. The van der Waals surface area contributed by atoms with Crippen LogP contribution in [0.2, 0.25) is 0 Å². The molecule has 0 saturated heterocycles. The standard InChI is InChI=1S/C13H23N3O2S/c1-4-10(5-2)8-16-12-6-11(14)7-13(9(12)3)19(15,17)18/h6-7,10,16H,4-5,8,14H2,1-3H3,(H2,15,17,18). The highest BCUT2D eigenvalue weighted by atomic mass is 32.2. The number of benzene rings is 1. The van der Waals surface area contributed by atoms with Gasteiger partial charge in [0.2, 0.25) is 10.0 Å². The maximum Gasteiger partial charge on any atom is 0.238 e. The quantitative estimate of drug-likeness (QED) is 0.697. The van der Waals surface area contributed by atoms with E-state index in [1.165, 1.54) is 6.07 Å². The summed E-state index contributed by atoms with van der Waals surface area (Å²) in [5.41, 5.74) is 7.47. The number of sulfonamides is 1. The lowest BCUT2D eigenvalue weighted by Crippen LogP contribution is -2.17. The van der Waals surface area contributed by atoms with Crippen molar-refractivity contribution in [1.82, 2.24) is 0 Å². The smallest absolute Gasteiger partial charge is 0.238 e. The van der Waals surface area contributed by atoms with E-state index in [0.717, 1.165) is 25.1 Å². The van der Waals surface area contributed by atoms with Crippen molar-refractivity contribution in [1.29, 1.82) is 0 Å². The fourth-order valence-electron chi connectivity index (χ4n) is 2.02. The second-order valence-corrected chi connectivity index (χ2v) is 6.33. The Labute approximate surface area is 115 Å². The van der Waals surface area contributed by atoms with Crippen LogP contribution in [0, 0.1) is 12.8 Å². The first-order chi connectivity index (χ1) is 8.79. The molecular formula is C13H23N3O2S. The predicted octanol–water partition coefficient (Wildman–Crippen LogP) is 2.07. The monoisotopic (exact) mass is 285 g/mol. The molecule has 19 heavy (non-hydrogen) atoms. The van der Waals surface area contributed by atoms with E-state index in [-0.39, 0.29) is 4.90 Å². The summed E-state index contributed by atoms with van der Waals surface area (Å²) in [6.07, 6.45) is 2.15. The van der Waals surface area contributed by atoms with Crippen LogP contribution in [-0.4, -0.2) is 15.0 Å². The molecule has 0 unspecified atom stereocenters. The van der Waals surface area contributed by atoms with Crippen LogP contribution in [-0.2, 0) is 10.0 Å². The molecule has 5 N–H and O–H groups in total. The Balaban J connectivity index is 3.06. The number of nitrogens with two attached hydrogens (primary N) is 2. The van der Waals surface area contributed by atoms with Gasteiger partial charge in [0.15, 0.2) is 0 Å². The van der Waals surface area contributed by atoms with Crippen LogP contribution in [0.5, 0.6) is 0 Å². The van der Waals surface area contributed by atoms with Crippen molar-refractivity contribution < 1.29 is 8.42 Å². The molecule has 0 spiro atoms. The van der Waals surface area contributed by atoms with E-state index >= 15 is 0 Å². The fourth-order valence-corrected chi connectivity index (χ4v) is 2.86. The highest BCUT2D eigenvalue weighted by Crippen LogP contribution is 2.26. The van der Waals surface area contributed by atoms with Gasteiger partial charge >= 0.3 is 0 Å². The third kappa shape index (κ3) is 4.11.